The first-order valence-corrected chi connectivity index (χ1v) is 6.20. The van der Waals surface area contributed by atoms with Crippen LogP contribution in [0.1, 0.15) is 48.8 Å². The first-order chi connectivity index (χ1) is 8.33. The van der Waals surface area contributed by atoms with Gasteiger partial charge in [0, 0.05) is 20.1 Å². The molecule has 5 nitrogen and oxygen atoms in total. The summed E-state index contributed by atoms with van der Waals surface area (Å²) in [6, 6.07) is 0. The van der Waals surface area contributed by atoms with Crippen LogP contribution in [-0.4, -0.2) is 35.0 Å². The van der Waals surface area contributed by atoms with Gasteiger partial charge in [-0.2, -0.15) is 0 Å². The van der Waals surface area contributed by atoms with Gasteiger partial charge in [0.2, 0.25) is 0 Å². The van der Waals surface area contributed by atoms with Gasteiger partial charge in [-0.05, 0) is 6.42 Å². The Balaban J connectivity index is 2.56. The number of aryl methyl sites for hydroxylation is 1. The molecule has 0 aliphatic rings. The molecule has 0 radical (unpaired) electrons. The molecule has 0 unspecified atom stereocenters. The van der Waals surface area contributed by atoms with Crippen LogP contribution in [-0.2, 0) is 17.7 Å². The maximum absolute atomic E-state index is 10.8. The zero-order valence-electron chi connectivity index (χ0n) is 10.7. The van der Waals surface area contributed by atoms with Crippen molar-refractivity contribution >= 4 is 6.29 Å². The van der Waals surface area contributed by atoms with Crippen LogP contribution in [0.3, 0.4) is 0 Å². The zero-order chi connectivity index (χ0) is 12.5. The molecule has 1 rings (SSSR count). The second-order valence-electron chi connectivity index (χ2n) is 4.07. The van der Waals surface area contributed by atoms with Crippen molar-refractivity contribution in [1.29, 1.82) is 0 Å². The van der Waals surface area contributed by atoms with E-state index in [0.717, 1.165) is 24.9 Å². The summed E-state index contributed by atoms with van der Waals surface area (Å²) in [6.45, 7) is 3.60. The van der Waals surface area contributed by atoms with Gasteiger partial charge in [-0.25, -0.2) is 4.68 Å². The van der Waals surface area contributed by atoms with Crippen molar-refractivity contribution < 1.29 is 9.53 Å². The van der Waals surface area contributed by atoms with Crippen LogP contribution < -0.4 is 0 Å². The molecule has 0 saturated heterocycles. The molecule has 0 bridgehead atoms. The summed E-state index contributed by atoms with van der Waals surface area (Å²) in [5.41, 5.74) is 1.33. The highest BCUT2D eigenvalue weighted by Gasteiger charge is 2.11. The third kappa shape index (κ3) is 4.26. The van der Waals surface area contributed by atoms with Crippen molar-refractivity contribution in [1.82, 2.24) is 15.0 Å². The number of nitrogens with zero attached hydrogens (tertiary/aromatic N) is 3. The van der Waals surface area contributed by atoms with Gasteiger partial charge in [-0.1, -0.05) is 31.4 Å². The van der Waals surface area contributed by atoms with Crippen LogP contribution in [0.2, 0.25) is 0 Å². The minimum atomic E-state index is 0.442. The zero-order valence-corrected chi connectivity index (χ0v) is 10.7. The molecule has 1 aromatic rings. The van der Waals surface area contributed by atoms with Gasteiger partial charge in [0.15, 0.2) is 6.29 Å². The van der Waals surface area contributed by atoms with E-state index in [2.05, 4.69) is 17.2 Å². The second-order valence-corrected chi connectivity index (χ2v) is 4.07. The minimum absolute atomic E-state index is 0.442. The van der Waals surface area contributed by atoms with Gasteiger partial charge < -0.3 is 4.74 Å². The maximum atomic E-state index is 10.8. The van der Waals surface area contributed by atoms with E-state index < -0.39 is 0 Å². The molecule has 0 atom stereocenters. The lowest BCUT2D eigenvalue weighted by Crippen LogP contribution is -2.09. The van der Waals surface area contributed by atoms with E-state index in [1.165, 1.54) is 19.3 Å². The van der Waals surface area contributed by atoms with Crippen molar-refractivity contribution in [2.24, 2.45) is 0 Å². The molecular formula is C12H21N3O2. The van der Waals surface area contributed by atoms with E-state index >= 15 is 0 Å². The summed E-state index contributed by atoms with van der Waals surface area (Å²) in [4.78, 5) is 10.8. The van der Waals surface area contributed by atoms with Gasteiger partial charge >= 0.3 is 0 Å². The predicted molar refractivity (Wildman–Crippen MR) is 65.1 cm³/mol. The summed E-state index contributed by atoms with van der Waals surface area (Å²) in [7, 11) is 1.65. The van der Waals surface area contributed by atoms with Gasteiger partial charge in [0.05, 0.1) is 12.3 Å². The molecule has 0 aliphatic carbocycles. The number of carbonyl (C=O) groups excluding carboxylic acids is 1. The number of unbranched alkanes of at least 4 members (excludes halogenated alkanes) is 3. The van der Waals surface area contributed by atoms with Crippen molar-refractivity contribution in [3.8, 4) is 0 Å². The Morgan fingerprint density at radius 2 is 2.18 bits per heavy atom. The standard InChI is InChI=1S/C12H21N3O2/c1-3-4-5-6-8-15-12(7-9-17-2)11(10-16)13-14-15/h10H,3-9H2,1-2H3. The first kappa shape index (κ1) is 13.8. The van der Waals surface area contributed by atoms with Gasteiger partial charge in [-0.3, -0.25) is 4.79 Å². The molecule has 0 aliphatic heterocycles. The van der Waals surface area contributed by atoms with E-state index in [-0.39, 0.29) is 0 Å². The number of methoxy groups -OCH3 is 1. The van der Waals surface area contributed by atoms with Crippen LogP contribution in [0.25, 0.3) is 0 Å². The highest BCUT2D eigenvalue weighted by atomic mass is 16.5. The minimum Gasteiger partial charge on any atom is -0.384 e. The fourth-order valence-electron chi connectivity index (χ4n) is 1.76. The predicted octanol–water partition coefficient (Wildman–Crippen LogP) is 1.86. The lowest BCUT2D eigenvalue weighted by atomic mass is 10.2. The lowest BCUT2D eigenvalue weighted by molar-refractivity contribution is 0.111. The van der Waals surface area contributed by atoms with E-state index in [1.807, 2.05) is 4.68 Å². The maximum Gasteiger partial charge on any atom is 0.172 e. The van der Waals surface area contributed by atoms with Crippen molar-refractivity contribution in [3.63, 3.8) is 0 Å². The molecule has 1 heterocycles. The number of ether oxygens (including phenoxy) is 1. The largest absolute Gasteiger partial charge is 0.384 e. The average Bonchev–Trinajstić information content (AvgIpc) is 2.74. The Labute approximate surface area is 102 Å². The summed E-state index contributed by atoms with van der Waals surface area (Å²) in [6.07, 6.45) is 6.17. The number of aromatic nitrogens is 3. The van der Waals surface area contributed by atoms with Crippen molar-refractivity contribution in [2.75, 3.05) is 13.7 Å². The molecule has 0 amide bonds. The quantitative estimate of drug-likeness (QED) is 0.487. The topological polar surface area (TPSA) is 57.0 Å². The van der Waals surface area contributed by atoms with Crippen LogP contribution in [0, 0.1) is 0 Å². The van der Waals surface area contributed by atoms with E-state index in [9.17, 15) is 4.79 Å². The first-order valence-electron chi connectivity index (χ1n) is 6.20. The highest BCUT2D eigenvalue weighted by Crippen LogP contribution is 2.08. The Morgan fingerprint density at radius 3 is 2.82 bits per heavy atom. The van der Waals surface area contributed by atoms with Crippen molar-refractivity contribution in [3.05, 3.63) is 11.4 Å². The molecule has 5 heteroatoms. The molecule has 0 spiro atoms. The van der Waals surface area contributed by atoms with Crippen molar-refractivity contribution in [2.45, 2.75) is 45.6 Å². The number of hydrogen-bond acceptors (Lipinski definition) is 4. The molecule has 0 N–H and O–H groups in total. The Bertz CT molecular complexity index is 336. The monoisotopic (exact) mass is 239 g/mol. The molecule has 0 aromatic carbocycles. The normalized spacial score (nSPS) is 10.7. The summed E-state index contributed by atoms with van der Waals surface area (Å²) < 4.78 is 6.86. The third-order valence-electron chi connectivity index (χ3n) is 2.75. The Kier molecular flexibility index (Phi) is 6.47. The Hall–Kier alpha value is -1.23. The van der Waals surface area contributed by atoms with E-state index in [0.29, 0.717) is 18.7 Å². The summed E-state index contributed by atoms with van der Waals surface area (Å²) >= 11 is 0. The van der Waals surface area contributed by atoms with E-state index in [1.54, 1.807) is 7.11 Å². The van der Waals surface area contributed by atoms with Gasteiger partial charge in [0.25, 0.3) is 0 Å². The van der Waals surface area contributed by atoms with Crippen LogP contribution in [0.15, 0.2) is 0 Å². The van der Waals surface area contributed by atoms with Crippen LogP contribution in [0.4, 0.5) is 0 Å². The third-order valence-corrected chi connectivity index (χ3v) is 2.75. The smallest absolute Gasteiger partial charge is 0.172 e. The number of aldehydes is 1. The molecule has 0 saturated carbocycles. The lowest BCUT2D eigenvalue weighted by Gasteiger charge is -2.06. The van der Waals surface area contributed by atoms with Crippen LogP contribution in [0.5, 0.6) is 0 Å². The van der Waals surface area contributed by atoms with E-state index in [4.69, 9.17) is 4.74 Å². The fourth-order valence-corrected chi connectivity index (χ4v) is 1.76. The molecule has 0 fully saturated rings. The van der Waals surface area contributed by atoms with Gasteiger partial charge in [-0.15, -0.1) is 5.10 Å². The Morgan fingerprint density at radius 1 is 1.35 bits per heavy atom. The fraction of sp³-hybridized carbons (Fsp3) is 0.750. The molecule has 96 valence electrons. The van der Waals surface area contributed by atoms with Gasteiger partial charge in [0.1, 0.15) is 5.69 Å². The SMILES string of the molecule is CCCCCCn1nnc(C=O)c1CCOC. The number of rotatable bonds is 9. The average molecular weight is 239 g/mol. The highest BCUT2D eigenvalue weighted by molar-refractivity contribution is 5.73. The van der Waals surface area contributed by atoms with Crippen LogP contribution >= 0.6 is 0 Å². The summed E-state index contributed by atoms with van der Waals surface area (Å²) in [5, 5.41) is 7.89. The summed E-state index contributed by atoms with van der Waals surface area (Å²) in [5.74, 6) is 0. The molecular weight excluding hydrogens is 218 g/mol. The second kappa shape index (κ2) is 7.95. The molecule has 1 aromatic heterocycles. The molecule has 17 heavy (non-hydrogen) atoms. The number of hydrogen-bond donors (Lipinski definition) is 0. The number of carbonyl (C=O) groups is 1.